The summed E-state index contributed by atoms with van der Waals surface area (Å²) in [5.74, 6) is 0.657. The van der Waals surface area contributed by atoms with Gasteiger partial charge >= 0.3 is 23.9 Å². The Morgan fingerprint density at radius 2 is 1.00 bits per heavy atom. The number of furan rings is 2. The van der Waals surface area contributed by atoms with Crippen LogP contribution in [0.2, 0.25) is 5.04 Å². The van der Waals surface area contributed by atoms with E-state index in [0.717, 1.165) is 16.8 Å². The molecular weight excluding hydrogens is 814 g/mol. The Morgan fingerprint density at radius 1 is 0.600 bits per heavy atom. The van der Waals surface area contributed by atoms with Gasteiger partial charge in [-0.25, -0.2) is 19.9 Å². The number of hydrogen-bond acceptors (Lipinski definition) is 12. The average Bonchev–Trinajstić information content (AvgIpc) is 3.74. The van der Waals surface area contributed by atoms with E-state index in [2.05, 4.69) is 93.4 Å². The van der Waals surface area contributed by atoms with E-state index in [4.69, 9.17) is 23.2 Å². The van der Waals surface area contributed by atoms with E-state index in [1.165, 1.54) is 28.8 Å². The van der Waals surface area contributed by atoms with Crippen LogP contribution < -0.4 is 19.0 Å². The van der Waals surface area contributed by atoms with Crippen molar-refractivity contribution in [3.63, 3.8) is 0 Å². The summed E-state index contributed by atoms with van der Waals surface area (Å²) in [5, 5.41) is 3.04. The predicted octanol–water partition coefficient (Wildman–Crippen LogP) is 8.97. The molecule has 60 heavy (non-hydrogen) atoms. The number of fused-ring (bicyclic) bond motifs is 2. The second kappa shape index (κ2) is 15.9. The maximum Gasteiger partial charge on any atom is 0.534 e. The third-order valence-corrected chi connectivity index (χ3v) is 15.3. The Balaban J connectivity index is 0.000000192. The van der Waals surface area contributed by atoms with Crippen molar-refractivity contribution in [3.05, 3.63) is 132 Å². The maximum absolute atomic E-state index is 12.7. The van der Waals surface area contributed by atoms with Gasteiger partial charge in [0.1, 0.15) is 0 Å². The van der Waals surface area contributed by atoms with Crippen molar-refractivity contribution >= 4 is 50.7 Å². The lowest BCUT2D eigenvalue weighted by molar-refractivity contribution is -0.0499. The molecule has 6 aromatic heterocycles. The van der Waals surface area contributed by atoms with Crippen LogP contribution in [0.3, 0.4) is 0 Å². The van der Waals surface area contributed by atoms with Gasteiger partial charge in [-0.2, -0.15) is 21.6 Å². The molecule has 308 valence electrons. The average molecular weight is 853 g/mol. The minimum atomic E-state index is -5.90. The molecule has 0 bridgehead atoms. The smallest absolute Gasteiger partial charge is 0.531 e. The van der Waals surface area contributed by atoms with Crippen molar-refractivity contribution < 1.29 is 39.0 Å². The third-order valence-electron chi connectivity index (χ3n) is 9.41. The summed E-state index contributed by atoms with van der Waals surface area (Å²) in [7, 11) is -8.80. The van der Waals surface area contributed by atoms with Gasteiger partial charge in [-0.05, 0) is 67.4 Å². The molecule has 6 heterocycles. The summed E-state index contributed by atoms with van der Waals surface area (Å²) in [6, 6.07) is 28.0. The largest absolute Gasteiger partial charge is 0.534 e. The molecule has 0 saturated carbocycles. The standard InChI is InChI=1S/C29H29N3O2Si.C14H10F3N3O4S/c1-20-18-21(2)32-28(31-20)27-26(24-16-17-30-19-25(24)33-27)34-35(29(3,4)5,22-12-8-6-9-13-22)23-14-10-7-11-15-23;1-7-5-8(2)20-13(19-7)12-11(24-25(21,22)14(15,16)17)9-3-4-18-6-10(9)23-12/h6-19H,1-5H3;3-6H,1-2H3. The number of pyridine rings is 2. The first kappa shape index (κ1) is 41.7. The van der Waals surface area contributed by atoms with Gasteiger partial charge in [-0.3, -0.25) is 9.97 Å². The number of benzene rings is 2. The highest BCUT2D eigenvalue weighted by molar-refractivity contribution is 7.88. The van der Waals surface area contributed by atoms with Crippen molar-refractivity contribution in [3.8, 4) is 34.7 Å². The fraction of sp³-hybridized carbons (Fsp3) is 0.209. The molecule has 0 N–H and O–H groups in total. The Bertz CT molecular complexity index is 2860. The minimum absolute atomic E-state index is 0.000541. The van der Waals surface area contributed by atoms with Crippen LogP contribution in [0.15, 0.2) is 119 Å². The lowest BCUT2D eigenvalue weighted by atomic mass is 10.2. The van der Waals surface area contributed by atoms with Crippen molar-refractivity contribution in [2.75, 3.05) is 0 Å². The van der Waals surface area contributed by atoms with Gasteiger partial charge < -0.3 is 17.4 Å². The monoisotopic (exact) mass is 852 g/mol. The number of alkyl halides is 3. The maximum atomic E-state index is 12.7. The molecule has 0 saturated heterocycles. The van der Waals surface area contributed by atoms with Crippen molar-refractivity contribution in [2.45, 2.75) is 59.0 Å². The number of halogens is 3. The molecule has 12 nitrogen and oxygen atoms in total. The van der Waals surface area contributed by atoms with Crippen LogP contribution in [-0.4, -0.2) is 52.1 Å². The van der Waals surface area contributed by atoms with Crippen LogP contribution in [0.4, 0.5) is 13.2 Å². The second-order valence-electron chi connectivity index (χ2n) is 15.0. The van der Waals surface area contributed by atoms with E-state index in [1.807, 2.05) is 38.1 Å². The first-order valence-electron chi connectivity index (χ1n) is 18.6. The molecule has 0 amide bonds. The number of aryl methyl sites for hydroxylation is 4. The van der Waals surface area contributed by atoms with Gasteiger partial charge in [-0.1, -0.05) is 81.4 Å². The number of rotatable bonds is 8. The normalized spacial score (nSPS) is 12.3. The topological polar surface area (TPSA) is 156 Å². The molecule has 0 aliphatic carbocycles. The summed E-state index contributed by atoms with van der Waals surface area (Å²) in [5.41, 5.74) is -2.11. The van der Waals surface area contributed by atoms with Crippen LogP contribution in [0.25, 0.3) is 45.1 Å². The Hall–Kier alpha value is -6.46. The number of nitrogens with zero attached hydrogens (tertiary/aromatic N) is 6. The summed E-state index contributed by atoms with van der Waals surface area (Å²) in [6.45, 7) is 14.0. The van der Waals surface area contributed by atoms with E-state index >= 15 is 0 Å². The first-order chi connectivity index (χ1) is 28.4. The van der Waals surface area contributed by atoms with Crippen LogP contribution in [0.5, 0.6) is 11.5 Å². The lowest BCUT2D eigenvalue weighted by Gasteiger charge is -2.42. The Labute approximate surface area is 344 Å². The number of aromatic nitrogens is 6. The number of hydrogen-bond donors (Lipinski definition) is 0. The van der Waals surface area contributed by atoms with Crippen LogP contribution in [0.1, 0.15) is 43.5 Å². The van der Waals surface area contributed by atoms with Gasteiger partial charge in [0, 0.05) is 35.2 Å². The minimum Gasteiger partial charge on any atom is -0.531 e. The van der Waals surface area contributed by atoms with Gasteiger partial charge in [0.25, 0.3) is 0 Å². The predicted molar refractivity (Wildman–Crippen MR) is 223 cm³/mol. The van der Waals surface area contributed by atoms with Crippen LogP contribution in [-0.2, 0) is 10.1 Å². The van der Waals surface area contributed by atoms with Gasteiger partial charge in [0.2, 0.25) is 11.5 Å². The highest BCUT2D eigenvalue weighted by Crippen LogP contribution is 2.45. The Kier molecular flexibility index (Phi) is 11.1. The van der Waals surface area contributed by atoms with Crippen molar-refractivity contribution in [1.82, 2.24) is 29.9 Å². The summed E-state index contributed by atoms with van der Waals surface area (Å²) >= 11 is 0. The molecule has 17 heteroatoms. The van der Waals surface area contributed by atoms with Crippen molar-refractivity contribution in [2.24, 2.45) is 0 Å². The van der Waals surface area contributed by atoms with E-state index in [9.17, 15) is 21.6 Å². The van der Waals surface area contributed by atoms with E-state index in [0.29, 0.717) is 34.3 Å². The Morgan fingerprint density at radius 3 is 1.40 bits per heavy atom. The quantitative estimate of drug-likeness (QED) is 0.0814. The summed E-state index contributed by atoms with van der Waals surface area (Å²) in [6.07, 6.45) is 5.97. The molecular formula is C43H39F3N6O6SSi. The second-order valence-corrected chi connectivity index (χ2v) is 20.7. The molecule has 8 rings (SSSR count). The zero-order chi connectivity index (χ0) is 43.0. The van der Waals surface area contributed by atoms with E-state index < -0.39 is 29.7 Å². The van der Waals surface area contributed by atoms with Gasteiger partial charge in [-0.15, -0.1) is 0 Å². The first-order valence-corrected chi connectivity index (χ1v) is 21.9. The molecule has 0 fully saturated rings. The molecule has 0 spiro atoms. The highest BCUT2D eigenvalue weighted by atomic mass is 32.2. The van der Waals surface area contributed by atoms with Gasteiger partial charge in [0.15, 0.2) is 34.3 Å². The molecule has 8 aromatic rings. The fourth-order valence-corrected chi connectivity index (χ4v) is 11.9. The zero-order valence-electron chi connectivity index (χ0n) is 33.6. The fourth-order valence-electron chi connectivity index (χ4n) is 6.95. The molecule has 0 unspecified atom stereocenters. The molecule has 0 atom stereocenters. The highest BCUT2D eigenvalue weighted by Gasteiger charge is 2.53. The van der Waals surface area contributed by atoms with Crippen LogP contribution >= 0.6 is 0 Å². The van der Waals surface area contributed by atoms with Gasteiger partial charge in [0.05, 0.1) is 23.2 Å². The molecule has 0 radical (unpaired) electrons. The van der Waals surface area contributed by atoms with Crippen LogP contribution in [0, 0.1) is 27.7 Å². The zero-order valence-corrected chi connectivity index (χ0v) is 35.4. The third kappa shape index (κ3) is 8.09. The molecule has 0 aliphatic heterocycles. The molecule has 0 aliphatic rings. The van der Waals surface area contributed by atoms with E-state index in [-0.39, 0.29) is 27.6 Å². The van der Waals surface area contributed by atoms with E-state index in [1.54, 1.807) is 32.3 Å². The SMILES string of the molecule is Cc1cc(C)nc(-c2oc3cnccc3c2OS(=O)(=O)C(F)(F)F)n1.Cc1cc(C)nc(-c2oc3cnccc3c2O[Si](c2ccccc2)(c2ccccc2)C(C)(C)C)n1. The molecule has 2 aromatic carbocycles. The lowest BCUT2D eigenvalue weighted by Crippen LogP contribution is -2.68. The summed E-state index contributed by atoms with van der Waals surface area (Å²) in [4.78, 5) is 25.6. The summed E-state index contributed by atoms with van der Waals surface area (Å²) < 4.78 is 84.4. The van der Waals surface area contributed by atoms with Crippen molar-refractivity contribution in [1.29, 1.82) is 0 Å².